The molecule has 0 aromatic carbocycles. The molecule has 0 spiro atoms. The molecule has 0 amide bonds. The SMILES string of the molecule is CN=C(NCCCCCCCN(C)C)NCc1ncnn1C. The van der Waals surface area contributed by atoms with Crippen molar-refractivity contribution in [2.45, 2.75) is 38.6 Å². The Kier molecular flexibility index (Phi) is 9.21. The lowest BCUT2D eigenvalue weighted by Crippen LogP contribution is -2.37. The first-order valence-corrected chi connectivity index (χ1v) is 8.05. The van der Waals surface area contributed by atoms with Crippen LogP contribution in [0.4, 0.5) is 0 Å². The smallest absolute Gasteiger partial charge is 0.191 e. The van der Waals surface area contributed by atoms with Gasteiger partial charge in [-0.05, 0) is 33.5 Å². The van der Waals surface area contributed by atoms with E-state index in [1.54, 1.807) is 18.1 Å². The number of nitrogens with one attached hydrogen (secondary N) is 2. The third kappa shape index (κ3) is 7.97. The molecule has 0 saturated carbocycles. The Morgan fingerprint density at radius 3 is 2.55 bits per heavy atom. The molecule has 0 atom stereocenters. The predicted octanol–water partition coefficient (Wildman–Crippen LogP) is 0.992. The van der Waals surface area contributed by atoms with E-state index in [1.165, 1.54) is 38.6 Å². The van der Waals surface area contributed by atoms with Gasteiger partial charge in [0.25, 0.3) is 0 Å². The van der Waals surface area contributed by atoms with E-state index >= 15 is 0 Å². The molecule has 1 aromatic heterocycles. The molecule has 2 N–H and O–H groups in total. The van der Waals surface area contributed by atoms with Gasteiger partial charge in [-0.3, -0.25) is 9.67 Å². The Labute approximate surface area is 134 Å². The molecule has 0 aliphatic carbocycles. The van der Waals surface area contributed by atoms with Crippen LogP contribution in [-0.4, -0.2) is 59.9 Å². The van der Waals surface area contributed by atoms with E-state index in [9.17, 15) is 0 Å². The van der Waals surface area contributed by atoms with E-state index in [1.807, 2.05) is 7.05 Å². The zero-order chi connectivity index (χ0) is 16.2. The summed E-state index contributed by atoms with van der Waals surface area (Å²) in [6.45, 7) is 2.77. The normalized spacial score (nSPS) is 12.0. The molecular weight excluding hydrogens is 278 g/mol. The van der Waals surface area contributed by atoms with Gasteiger partial charge in [-0.2, -0.15) is 5.10 Å². The number of aryl methyl sites for hydroxylation is 1. The topological polar surface area (TPSA) is 70.4 Å². The molecule has 126 valence electrons. The van der Waals surface area contributed by atoms with Crippen molar-refractivity contribution in [3.8, 4) is 0 Å². The fourth-order valence-electron chi connectivity index (χ4n) is 2.15. The number of rotatable bonds is 10. The highest BCUT2D eigenvalue weighted by Gasteiger charge is 2.02. The zero-order valence-electron chi connectivity index (χ0n) is 14.5. The van der Waals surface area contributed by atoms with E-state index < -0.39 is 0 Å². The molecule has 7 heteroatoms. The molecule has 0 aliphatic heterocycles. The van der Waals surface area contributed by atoms with E-state index in [4.69, 9.17) is 0 Å². The van der Waals surface area contributed by atoms with E-state index in [0.717, 1.165) is 18.3 Å². The van der Waals surface area contributed by atoms with E-state index in [0.29, 0.717) is 6.54 Å². The molecule has 0 fully saturated rings. The molecule has 22 heavy (non-hydrogen) atoms. The molecule has 1 aromatic rings. The minimum atomic E-state index is 0.626. The van der Waals surface area contributed by atoms with Crippen molar-refractivity contribution in [3.63, 3.8) is 0 Å². The maximum absolute atomic E-state index is 4.22. The average Bonchev–Trinajstić information content (AvgIpc) is 2.90. The van der Waals surface area contributed by atoms with Crippen LogP contribution in [0.5, 0.6) is 0 Å². The van der Waals surface area contributed by atoms with Crippen LogP contribution >= 0.6 is 0 Å². The van der Waals surface area contributed by atoms with Gasteiger partial charge in [0.05, 0.1) is 6.54 Å². The minimum absolute atomic E-state index is 0.626. The highest BCUT2D eigenvalue weighted by Crippen LogP contribution is 2.02. The van der Waals surface area contributed by atoms with Crippen molar-refractivity contribution in [2.24, 2.45) is 12.0 Å². The largest absolute Gasteiger partial charge is 0.356 e. The molecule has 0 aliphatic rings. The van der Waals surface area contributed by atoms with Crippen LogP contribution < -0.4 is 10.6 Å². The number of unbranched alkanes of at least 4 members (excludes halogenated alkanes) is 4. The fourth-order valence-corrected chi connectivity index (χ4v) is 2.15. The zero-order valence-corrected chi connectivity index (χ0v) is 14.5. The standard InChI is InChI=1S/C15H31N7/c1-16-15(18-12-14-19-13-20-22(14)4)17-10-8-6-5-7-9-11-21(2)3/h13H,5-12H2,1-4H3,(H2,16,17,18). The van der Waals surface area contributed by atoms with Gasteiger partial charge < -0.3 is 15.5 Å². The summed E-state index contributed by atoms with van der Waals surface area (Å²) in [7, 11) is 7.93. The van der Waals surface area contributed by atoms with Crippen LogP contribution in [0.15, 0.2) is 11.3 Å². The molecule has 1 rings (SSSR count). The van der Waals surface area contributed by atoms with Crippen molar-refractivity contribution in [2.75, 3.05) is 34.2 Å². The molecular formula is C15H31N7. The lowest BCUT2D eigenvalue weighted by atomic mass is 10.1. The van der Waals surface area contributed by atoms with Gasteiger partial charge in [0.2, 0.25) is 0 Å². The van der Waals surface area contributed by atoms with Crippen LogP contribution in [0.25, 0.3) is 0 Å². The van der Waals surface area contributed by atoms with E-state index in [2.05, 4.69) is 44.7 Å². The Bertz CT molecular complexity index is 425. The molecule has 0 saturated heterocycles. The molecule has 7 nitrogen and oxygen atoms in total. The summed E-state index contributed by atoms with van der Waals surface area (Å²) < 4.78 is 1.76. The van der Waals surface area contributed by atoms with Crippen molar-refractivity contribution in [1.29, 1.82) is 0 Å². The molecule has 0 bridgehead atoms. The van der Waals surface area contributed by atoms with Gasteiger partial charge in [0.1, 0.15) is 12.2 Å². The second kappa shape index (κ2) is 11.0. The summed E-state index contributed by atoms with van der Waals surface area (Å²) >= 11 is 0. The first-order valence-electron chi connectivity index (χ1n) is 8.05. The number of aliphatic imine (C=N–C) groups is 1. The Morgan fingerprint density at radius 1 is 1.18 bits per heavy atom. The van der Waals surface area contributed by atoms with Gasteiger partial charge >= 0.3 is 0 Å². The summed E-state index contributed by atoms with van der Waals surface area (Å²) in [6, 6.07) is 0. The third-order valence-electron chi connectivity index (χ3n) is 3.52. The third-order valence-corrected chi connectivity index (χ3v) is 3.52. The van der Waals surface area contributed by atoms with Crippen LogP contribution in [-0.2, 0) is 13.6 Å². The minimum Gasteiger partial charge on any atom is -0.356 e. The Balaban J connectivity index is 2.03. The molecule has 0 unspecified atom stereocenters. The predicted molar refractivity (Wildman–Crippen MR) is 90.8 cm³/mol. The van der Waals surface area contributed by atoms with Crippen molar-refractivity contribution < 1.29 is 0 Å². The lowest BCUT2D eigenvalue weighted by Gasteiger charge is -2.11. The highest BCUT2D eigenvalue weighted by molar-refractivity contribution is 5.79. The second-order valence-corrected chi connectivity index (χ2v) is 5.72. The molecule has 1 heterocycles. The van der Waals surface area contributed by atoms with Crippen LogP contribution in [0.3, 0.4) is 0 Å². The number of nitrogens with zero attached hydrogens (tertiary/aromatic N) is 5. The quantitative estimate of drug-likeness (QED) is 0.383. The summed E-state index contributed by atoms with van der Waals surface area (Å²) in [6.07, 6.45) is 7.91. The number of hydrogen-bond acceptors (Lipinski definition) is 4. The number of guanidine groups is 1. The summed E-state index contributed by atoms with van der Waals surface area (Å²) in [5.74, 6) is 1.71. The van der Waals surface area contributed by atoms with Gasteiger partial charge in [-0.25, -0.2) is 4.98 Å². The first kappa shape index (κ1) is 18.4. The highest BCUT2D eigenvalue weighted by atomic mass is 15.3. The van der Waals surface area contributed by atoms with Crippen LogP contribution in [0.2, 0.25) is 0 Å². The first-order chi connectivity index (χ1) is 10.6. The monoisotopic (exact) mass is 309 g/mol. The summed E-state index contributed by atoms with van der Waals surface area (Å²) in [4.78, 5) is 10.6. The van der Waals surface area contributed by atoms with Crippen molar-refractivity contribution in [3.05, 3.63) is 12.2 Å². The average molecular weight is 309 g/mol. The van der Waals surface area contributed by atoms with Gasteiger partial charge in [0.15, 0.2) is 5.96 Å². The Hall–Kier alpha value is -1.63. The maximum Gasteiger partial charge on any atom is 0.191 e. The van der Waals surface area contributed by atoms with Gasteiger partial charge in [0, 0.05) is 20.6 Å². The van der Waals surface area contributed by atoms with Gasteiger partial charge in [-0.15, -0.1) is 0 Å². The van der Waals surface area contributed by atoms with Crippen molar-refractivity contribution >= 4 is 5.96 Å². The van der Waals surface area contributed by atoms with Crippen molar-refractivity contribution in [1.82, 2.24) is 30.3 Å². The van der Waals surface area contributed by atoms with E-state index in [-0.39, 0.29) is 0 Å². The lowest BCUT2D eigenvalue weighted by molar-refractivity contribution is 0.389. The van der Waals surface area contributed by atoms with Gasteiger partial charge in [-0.1, -0.05) is 19.3 Å². The van der Waals surface area contributed by atoms with Crippen LogP contribution in [0, 0.1) is 0 Å². The summed E-state index contributed by atoms with van der Waals surface area (Å²) in [5, 5.41) is 10.6. The van der Waals surface area contributed by atoms with Crippen LogP contribution in [0.1, 0.15) is 37.9 Å². The number of aromatic nitrogens is 3. The second-order valence-electron chi connectivity index (χ2n) is 5.72. The fraction of sp³-hybridized carbons (Fsp3) is 0.800. The summed E-state index contributed by atoms with van der Waals surface area (Å²) in [5.41, 5.74) is 0. The number of hydrogen-bond donors (Lipinski definition) is 2. The maximum atomic E-state index is 4.22. The Morgan fingerprint density at radius 2 is 1.91 bits per heavy atom. The molecule has 0 radical (unpaired) electrons.